The van der Waals surface area contributed by atoms with Crippen LogP contribution < -0.4 is 0 Å². The van der Waals surface area contributed by atoms with Crippen molar-refractivity contribution >= 4 is 7.60 Å². The second-order valence-corrected chi connectivity index (χ2v) is 7.35. The third-order valence-electron chi connectivity index (χ3n) is 3.39. The lowest BCUT2D eigenvalue weighted by molar-refractivity contribution is -0.111. The van der Waals surface area contributed by atoms with E-state index in [4.69, 9.17) is 9.05 Å². The average molecular weight is 324 g/mol. The Hall–Kier alpha value is -0.580. The largest absolute Gasteiger partial charge is 0.400 e. The standard InChI is InChI=1S/C14H20F3O3P/c15-14(16,17)11-21(18,19-12-7-3-1-4-8-12)20-13-9-5-2-6-10-13/h3,5,7,9,12-13H,1-2,4,6,8,10-11H2. The van der Waals surface area contributed by atoms with Crippen molar-refractivity contribution in [3.63, 3.8) is 0 Å². The molecule has 2 rings (SSSR count). The van der Waals surface area contributed by atoms with E-state index in [0.29, 0.717) is 12.8 Å². The monoisotopic (exact) mass is 324 g/mol. The molecule has 120 valence electrons. The highest BCUT2D eigenvalue weighted by molar-refractivity contribution is 7.54. The second-order valence-electron chi connectivity index (χ2n) is 5.39. The Bertz CT molecular complexity index is 415. The van der Waals surface area contributed by atoms with Gasteiger partial charge in [0.15, 0.2) is 0 Å². The number of hydrogen-bond donors (Lipinski definition) is 0. The summed E-state index contributed by atoms with van der Waals surface area (Å²) >= 11 is 0. The number of alkyl halides is 3. The molecule has 2 atom stereocenters. The first-order chi connectivity index (χ1) is 9.86. The van der Waals surface area contributed by atoms with Crippen molar-refractivity contribution in [1.82, 2.24) is 0 Å². The molecule has 0 fully saturated rings. The highest BCUT2D eigenvalue weighted by Gasteiger charge is 2.43. The van der Waals surface area contributed by atoms with E-state index in [0.717, 1.165) is 25.7 Å². The first kappa shape index (κ1) is 16.8. The molecule has 0 N–H and O–H groups in total. The van der Waals surface area contributed by atoms with Gasteiger partial charge in [-0.2, -0.15) is 13.2 Å². The second kappa shape index (κ2) is 7.12. The highest BCUT2D eigenvalue weighted by atomic mass is 31.2. The molecule has 0 radical (unpaired) electrons. The molecule has 0 bridgehead atoms. The van der Waals surface area contributed by atoms with Gasteiger partial charge in [0.05, 0.1) is 12.2 Å². The van der Waals surface area contributed by atoms with Crippen molar-refractivity contribution in [2.24, 2.45) is 0 Å². The minimum Gasteiger partial charge on any atom is -0.301 e. The molecule has 0 aliphatic heterocycles. The van der Waals surface area contributed by atoms with Gasteiger partial charge in [0, 0.05) is 0 Å². The Morgan fingerprint density at radius 3 is 1.81 bits per heavy atom. The summed E-state index contributed by atoms with van der Waals surface area (Å²) in [6, 6.07) is 0. The zero-order valence-electron chi connectivity index (χ0n) is 11.7. The van der Waals surface area contributed by atoms with E-state index >= 15 is 0 Å². The van der Waals surface area contributed by atoms with E-state index in [9.17, 15) is 17.7 Å². The van der Waals surface area contributed by atoms with Crippen LogP contribution in [0.5, 0.6) is 0 Å². The lowest BCUT2D eigenvalue weighted by Gasteiger charge is -2.28. The van der Waals surface area contributed by atoms with Crippen molar-refractivity contribution in [2.45, 2.75) is 56.9 Å². The van der Waals surface area contributed by atoms with Crippen LogP contribution in [0.1, 0.15) is 38.5 Å². The van der Waals surface area contributed by atoms with Crippen LogP contribution in [0.2, 0.25) is 0 Å². The molecule has 0 spiro atoms. The number of halogens is 3. The molecule has 0 saturated carbocycles. The van der Waals surface area contributed by atoms with Crippen LogP contribution in [-0.4, -0.2) is 24.5 Å². The molecular formula is C14H20F3O3P. The minimum absolute atomic E-state index is 0.556. The quantitative estimate of drug-likeness (QED) is 0.528. The predicted octanol–water partition coefficient (Wildman–Crippen LogP) is 4.99. The molecule has 2 aliphatic rings. The van der Waals surface area contributed by atoms with Crippen molar-refractivity contribution in [1.29, 1.82) is 0 Å². The van der Waals surface area contributed by atoms with Gasteiger partial charge in [-0.1, -0.05) is 24.3 Å². The Kier molecular flexibility index (Phi) is 5.69. The summed E-state index contributed by atoms with van der Waals surface area (Å²) in [6.45, 7) is 0. The molecule has 0 aromatic rings. The molecule has 0 heterocycles. The molecule has 21 heavy (non-hydrogen) atoms. The third kappa shape index (κ3) is 5.97. The van der Waals surface area contributed by atoms with E-state index in [1.807, 2.05) is 12.2 Å². The van der Waals surface area contributed by atoms with E-state index < -0.39 is 32.1 Å². The van der Waals surface area contributed by atoms with Gasteiger partial charge in [-0.15, -0.1) is 0 Å². The van der Waals surface area contributed by atoms with Gasteiger partial charge >= 0.3 is 13.8 Å². The summed E-state index contributed by atoms with van der Waals surface area (Å²) in [5, 5.41) is 0. The molecule has 7 heteroatoms. The Balaban J connectivity index is 2.06. The fourth-order valence-corrected chi connectivity index (χ4v) is 4.28. The maximum Gasteiger partial charge on any atom is 0.400 e. The van der Waals surface area contributed by atoms with Crippen molar-refractivity contribution < 1.29 is 26.8 Å². The summed E-state index contributed by atoms with van der Waals surface area (Å²) in [5.74, 6) is 0. The Morgan fingerprint density at radius 1 is 1.00 bits per heavy atom. The smallest absolute Gasteiger partial charge is 0.301 e. The lowest BCUT2D eigenvalue weighted by Crippen LogP contribution is -2.23. The zero-order valence-corrected chi connectivity index (χ0v) is 12.6. The van der Waals surface area contributed by atoms with Gasteiger partial charge in [-0.3, -0.25) is 4.57 Å². The molecule has 0 aromatic heterocycles. The number of allylic oxidation sites excluding steroid dienone is 2. The van der Waals surface area contributed by atoms with Gasteiger partial charge in [0.1, 0.15) is 6.16 Å². The zero-order chi connectivity index (χ0) is 15.3. The lowest BCUT2D eigenvalue weighted by atomic mass is 10.1. The highest BCUT2D eigenvalue weighted by Crippen LogP contribution is 2.55. The van der Waals surface area contributed by atoms with E-state index in [1.165, 1.54) is 0 Å². The van der Waals surface area contributed by atoms with E-state index in [1.54, 1.807) is 12.2 Å². The Morgan fingerprint density at radius 2 is 1.48 bits per heavy atom. The molecule has 0 aromatic carbocycles. The number of rotatable bonds is 5. The van der Waals surface area contributed by atoms with Crippen LogP contribution in [-0.2, 0) is 13.6 Å². The van der Waals surface area contributed by atoms with Crippen molar-refractivity contribution in [2.75, 3.05) is 6.16 Å². The van der Waals surface area contributed by atoms with Gasteiger partial charge in [0.25, 0.3) is 0 Å². The van der Waals surface area contributed by atoms with E-state index in [2.05, 4.69) is 0 Å². The van der Waals surface area contributed by atoms with Crippen LogP contribution in [0.15, 0.2) is 24.3 Å². The maximum atomic E-state index is 12.7. The van der Waals surface area contributed by atoms with Gasteiger partial charge < -0.3 is 9.05 Å². The van der Waals surface area contributed by atoms with Crippen LogP contribution >= 0.6 is 7.60 Å². The summed E-state index contributed by atoms with van der Waals surface area (Å²) in [6.07, 6.45) is 4.32. The molecule has 2 unspecified atom stereocenters. The first-order valence-corrected chi connectivity index (χ1v) is 8.95. The van der Waals surface area contributed by atoms with E-state index in [-0.39, 0.29) is 0 Å². The SMILES string of the molecule is O=P(CC(F)(F)F)(OC1C=CCCC1)OC1C=CCCC1. The number of hydrogen-bond acceptors (Lipinski definition) is 3. The van der Waals surface area contributed by atoms with Crippen LogP contribution in [0.4, 0.5) is 13.2 Å². The van der Waals surface area contributed by atoms with Crippen LogP contribution in [0.3, 0.4) is 0 Å². The topological polar surface area (TPSA) is 35.5 Å². The van der Waals surface area contributed by atoms with Gasteiger partial charge in [0.2, 0.25) is 0 Å². The maximum absolute atomic E-state index is 12.7. The molecule has 2 aliphatic carbocycles. The summed E-state index contributed by atoms with van der Waals surface area (Å²) in [5.41, 5.74) is 0. The van der Waals surface area contributed by atoms with Crippen LogP contribution in [0, 0.1) is 0 Å². The molecule has 0 saturated heterocycles. The van der Waals surface area contributed by atoms with Crippen molar-refractivity contribution in [3.8, 4) is 0 Å². The summed E-state index contributed by atoms with van der Waals surface area (Å²) in [4.78, 5) is 0. The molecule has 0 amide bonds. The van der Waals surface area contributed by atoms with Crippen LogP contribution in [0.25, 0.3) is 0 Å². The summed E-state index contributed by atoms with van der Waals surface area (Å²) in [7, 11) is -4.21. The van der Waals surface area contributed by atoms with Gasteiger partial charge in [-0.25, -0.2) is 0 Å². The minimum atomic E-state index is -4.58. The van der Waals surface area contributed by atoms with Crippen molar-refractivity contribution in [3.05, 3.63) is 24.3 Å². The summed E-state index contributed by atoms with van der Waals surface area (Å²) < 4.78 is 61.1. The fraction of sp³-hybridized carbons (Fsp3) is 0.714. The normalized spacial score (nSPS) is 29.3. The first-order valence-electron chi connectivity index (χ1n) is 7.22. The molecule has 3 nitrogen and oxygen atoms in total. The average Bonchev–Trinajstić information content (AvgIpc) is 2.38. The predicted molar refractivity (Wildman–Crippen MR) is 74.3 cm³/mol. The fourth-order valence-electron chi connectivity index (χ4n) is 2.47. The third-order valence-corrected chi connectivity index (χ3v) is 5.32. The Labute approximate surface area is 122 Å². The van der Waals surface area contributed by atoms with Gasteiger partial charge in [-0.05, 0) is 38.5 Å². The molecular weight excluding hydrogens is 304 g/mol.